The Labute approximate surface area is 223 Å². The maximum Gasteiger partial charge on any atom is 0.412 e. The van der Waals surface area contributed by atoms with E-state index in [1.165, 1.54) is 5.56 Å². The molecule has 1 atom stereocenters. The molecule has 6 nitrogen and oxygen atoms in total. The van der Waals surface area contributed by atoms with Crippen LogP contribution in [0.25, 0.3) is 22.4 Å². The number of anilines is 1. The predicted octanol–water partition coefficient (Wildman–Crippen LogP) is 8.21. The van der Waals surface area contributed by atoms with E-state index in [0.29, 0.717) is 23.7 Å². The zero-order valence-electron chi connectivity index (χ0n) is 22.0. The monoisotopic (exact) mass is 508 g/mol. The Morgan fingerprint density at radius 2 is 1.61 bits per heavy atom. The molecule has 1 aliphatic rings. The van der Waals surface area contributed by atoms with Gasteiger partial charge >= 0.3 is 6.09 Å². The van der Waals surface area contributed by atoms with Crippen LogP contribution >= 0.6 is 0 Å². The average molecular weight is 509 g/mol. The highest BCUT2D eigenvalue weighted by molar-refractivity contribution is 5.91. The predicted molar refractivity (Wildman–Crippen MR) is 149 cm³/mol. The number of hydrogen-bond acceptors (Lipinski definition) is 5. The van der Waals surface area contributed by atoms with Gasteiger partial charge in [-0.2, -0.15) is 0 Å². The highest BCUT2D eigenvalue weighted by atomic mass is 16.6. The first kappa shape index (κ1) is 25.3. The van der Waals surface area contributed by atoms with Crippen LogP contribution in [0, 0.1) is 6.92 Å². The molecule has 6 heteroatoms. The number of nitrogens with one attached hydrogen (secondary N) is 1. The summed E-state index contributed by atoms with van der Waals surface area (Å²) in [4.78, 5) is 12.6. The molecule has 1 heterocycles. The SMILES string of the molecule is C=C(OCC)C1(c2ccc(-c3ccc(-c4noc(C)c4NC(=O)O[C@H](C)c4ccccc4)cc3)cc2)CC1. The Bertz CT molecular complexity index is 1420. The minimum atomic E-state index is -0.564. The molecule has 0 aliphatic heterocycles. The van der Waals surface area contributed by atoms with Gasteiger partial charge in [0, 0.05) is 5.56 Å². The van der Waals surface area contributed by atoms with E-state index in [9.17, 15) is 4.79 Å². The van der Waals surface area contributed by atoms with Crippen molar-refractivity contribution in [3.63, 3.8) is 0 Å². The van der Waals surface area contributed by atoms with Gasteiger partial charge in [-0.15, -0.1) is 0 Å². The van der Waals surface area contributed by atoms with Crippen LogP contribution in [-0.2, 0) is 14.9 Å². The van der Waals surface area contributed by atoms with Crippen molar-refractivity contribution >= 4 is 11.8 Å². The zero-order valence-corrected chi connectivity index (χ0v) is 22.0. The number of aryl methyl sites for hydroxylation is 1. The molecule has 0 saturated heterocycles. The van der Waals surface area contributed by atoms with Gasteiger partial charge in [0.15, 0.2) is 5.76 Å². The molecule has 4 aromatic rings. The number of hydrogen-bond donors (Lipinski definition) is 1. The summed E-state index contributed by atoms with van der Waals surface area (Å²) in [7, 11) is 0. The Morgan fingerprint density at radius 3 is 2.21 bits per heavy atom. The van der Waals surface area contributed by atoms with E-state index in [-0.39, 0.29) is 5.41 Å². The molecule has 1 N–H and O–H groups in total. The third-order valence-corrected chi connectivity index (χ3v) is 7.17. The van der Waals surface area contributed by atoms with Crippen LogP contribution in [0.1, 0.15) is 49.7 Å². The molecule has 0 spiro atoms. The third-order valence-electron chi connectivity index (χ3n) is 7.17. The molecule has 0 unspecified atom stereocenters. The van der Waals surface area contributed by atoms with Crippen molar-refractivity contribution in [2.75, 3.05) is 11.9 Å². The fourth-order valence-electron chi connectivity index (χ4n) is 4.77. The molecule has 5 rings (SSSR count). The van der Waals surface area contributed by atoms with Gasteiger partial charge in [0.25, 0.3) is 0 Å². The molecule has 0 radical (unpaired) electrons. The Morgan fingerprint density at radius 1 is 1.00 bits per heavy atom. The molecule has 1 amide bonds. The topological polar surface area (TPSA) is 73.6 Å². The van der Waals surface area contributed by atoms with Crippen molar-refractivity contribution in [1.82, 2.24) is 5.16 Å². The van der Waals surface area contributed by atoms with Gasteiger partial charge < -0.3 is 14.0 Å². The smallest absolute Gasteiger partial charge is 0.412 e. The van der Waals surface area contributed by atoms with Crippen LogP contribution < -0.4 is 5.32 Å². The number of ether oxygens (including phenoxy) is 2. The molecule has 38 heavy (non-hydrogen) atoms. The normalized spacial score (nSPS) is 14.4. The first-order valence-corrected chi connectivity index (χ1v) is 12.9. The highest BCUT2D eigenvalue weighted by Gasteiger charge is 2.48. The van der Waals surface area contributed by atoms with Crippen LogP contribution in [-0.4, -0.2) is 17.9 Å². The van der Waals surface area contributed by atoms with Crippen LogP contribution in [0.5, 0.6) is 0 Å². The fourth-order valence-corrected chi connectivity index (χ4v) is 4.77. The van der Waals surface area contributed by atoms with E-state index < -0.39 is 12.2 Å². The molecular formula is C32H32N2O4. The maximum atomic E-state index is 12.6. The summed E-state index contributed by atoms with van der Waals surface area (Å²) < 4.78 is 16.7. The van der Waals surface area contributed by atoms with Crippen molar-refractivity contribution in [1.29, 1.82) is 0 Å². The van der Waals surface area contributed by atoms with E-state index in [4.69, 9.17) is 14.0 Å². The molecule has 3 aromatic carbocycles. The number of amides is 1. The van der Waals surface area contributed by atoms with Gasteiger partial charge in [-0.05, 0) is 55.9 Å². The second kappa shape index (κ2) is 10.6. The van der Waals surface area contributed by atoms with E-state index in [1.54, 1.807) is 6.92 Å². The molecule has 194 valence electrons. The average Bonchev–Trinajstić information content (AvgIpc) is 3.68. The van der Waals surface area contributed by atoms with Gasteiger partial charge in [-0.25, -0.2) is 4.79 Å². The molecule has 1 saturated carbocycles. The van der Waals surface area contributed by atoms with Crippen LogP contribution in [0.2, 0.25) is 0 Å². The summed E-state index contributed by atoms with van der Waals surface area (Å²) in [6.45, 7) is 10.4. The van der Waals surface area contributed by atoms with Crippen molar-refractivity contribution in [2.24, 2.45) is 0 Å². The maximum absolute atomic E-state index is 12.6. The fraction of sp³-hybridized carbons (Fsp3) is 0.250. The Hall–Kier alpha value is -4.32. The summed E-state index contributed by atoms with van der Waals surface area (Å²) in [5.41, 5.74) is 6.21. The molecule has 1 aliphatic carbocycles. The minimum Gasteiger partial charge on any atom is -0.498 e. The number of nitrogens with zero attached hydrogens (tertiary/aromatic N) is 1. The largest absolute Gasteiger partial charge is 0.498 e. The standard InChI is InChI=1S/C32H32N2O4/c1-5-36-23(4)32(19-20-32)28-17-15-26(16-18-28)25-11-13-27(14-12-25)30-29(22(3)38-34-30)33-31(35)37-21(2)24-9-7-6-8-10-24/h6-18,21H,4-5,19-20H2,1-3H3,(H,33,35)/t21-/m1/s1. The number of carbonyl (C=O) groups excluding carboxylic acids is 1. The summed E-state index contributed by atoms with van der Waals surface area (Å²) in [6, 6.07) is 26.3. The minimum absolute atomic E-state index is 0.0351. The first-order valence-electron chi connectivity index (χ1n) is 12.9. The van der Waals surface area contributed by atoms with Crippen LogP contribution in [0.15, 0.2) is 95.7 Å². The van der Waals surface area contributed by atoms with Crippen LogP contribution in [0.4, 0.5) is 10.5 Å². The number of aromatic nitrogens is 1. The van der Waals surface area contributed by atoms with Crippen molar-refractivity contribution in [3.05, 3.63) is 108 Å². The van der Waals surface area contributed by atoms with E-state index in [2.05, 4.69) is 41.3 Å². The lowest BCUT2D eigenvalue weighted by molar-refractivity contribution is 0.121. The molecule has 0 bridgehead atoms. The van der Waals surface area contributed by atoms with Gasteiger partial charge in [0.05, 0.1) is 17.8 Å². The Kier molecular flexibility index (Phi) is 7.05. The third kappa shape index (κ3) is 5.07. The second-order valence-electron chi connectivity index (χ2n) is 9.64. The Balaban J connectivity index is 1.29. The van der Waals surface area contributed by atoms with Gasteiger partial charge in [0.2, 0.25) is 0 Å². The quantitative estimate of drug-likeness (QED) is 0.231. The van der Waals surface area contributed by atoms with Crippen molar-refractivity contribution in [3.8, 4) is 22.4 Å². The summed E-state index contributed by atoms with van der Waals surface area (Å²) in [5, 5.41) is 7.00. The molecular weight excluding hydrogens is 476 g/mol. The second-order valence-corrected chi connectivity index (χ2v) is 9.64. The summed E-state index contributed by atoms with van der Waals surface area (Å²) in [5.74, 6) is 1.37. The number of benzene rings is 3. The van der Waals surface area contributed by atoms with E-state index in [0.717, 1.165) is 40.9 Å². The zero-order chi connectivity index (χ0) is 26.7. The van der Waals surface area contributed by atoms with Gasteiger partial charge in [-0.1, -0.05) is 90.6 Å². The summed E-state index contributed by atoms with van der Waals surface area (Å²) >= 11 is 0. The van der Waals surface area contributed by atoms with E-state index in [1.807, 2.05) is 68.4 Å². The number of rotatable bonds is 9. The first-order chi connectivity index (χ1) is 18.4. The molecule has 1 fully saturated rings. The lowest BCUT2D eigenvalue weighted by Crippen LogP contribution is -2.16. The highest BCUT2D eigenvalue weighted by Crippen LogP contribution is 2.53. The summed E-state index contributed by atoms with van der Waals surface area (Å²) in [6.07, 6.45) is 1.20. The lowest BCUT2D eigenvalue weighted by Gasteiger charge is -2.19. The van der Waals surface area contributed by atoms with Gasteiger partial charge in [0.1, 0.15) is 17.5 Å². The number of allylic oxidation sites excluding steroid dienone is 1. The van der Waals surface area contributed by atoms with Gasteiger partial charge in [-0.3, -0.25) is 5.32 Å². The lowest BCUT2D eigenvalue weighted by atomic mass is 9.92. The van der Waals surface area contributed by atoms with Crippen molar-refractivity contribution in [2.45, 2.75) is 45.1 Å². The van der Waals surface area contributed by atoms with Crippen molar-refractivity contribution < 1.29 is 18.8 Å². The van der Waals surface area contributed by atoms with E-state index >= 15 is 0 Å². The molecule has 1 aromatic heterocycles. The van der Waals surface area contributed by atoms with Crippen LogP contribution in [0.3, 0.4) is 0 Å². The number of carbonyl (C=O) groups is 1.